The van der Waals surface area contributed by atoms with Gasteiger partial charge in [-0.2, -0.15) is 8.78 Å². The average Bonchev–Trinajstić information content (AvgIpc) is 2.48. The van der Waals surface area contributed by atoms with Gasteiger partial charge in [-0.15, -0.1) is 0 Å². The first-order valence-electron chi connectivity index (χ1n) is 6.92. The van der Waals surface area contributed by atoms with Crippen molar-refractivity contribution >= 4 is 11.8 Å². The van der Waals surface area contributed by atoms with E-state index in [0.29, 0.717) is 5.56 Å². The number of likely N-dealkylation sites (N-methyl/N-ethyl adjacent to an activating group) is 1. The maximum atomic E-state index is 12.4. The summed E-state index contributed by atoms with van der Waals surface area (Å²) in [7, 11) is 1.58. The molecule has 1 aromatic rings. The third kappa shape index (κ3) is 3.03. The van der Waals surface area contributed by atoms with Crippen LogP contribution in [0.15, 0.2) is 24.3 Å². The second-order valence-electron chi connectivity index (χ2n) is 5.25. The largest absolute Gasteiger partial charge is 0.434 e. The van der Waals surface area contributed by atoms with Crippen molar-refractivity contribution in [3.8, 4) is 5.75 Å². The van der Waals surface area contributed by atoms with Gasteiger partial charge in [0.05, 0.1) is 6.54 Å². The number of para-hydroxylation sites is 1. The molecule has 120 valence electrons. The Morgan fingerprint density at radius 3 is 2.41 bits per heavy atom. The molecule has 2 amide bonds. The topological polar surface area (TPSA) is 49.9 Å². The van der Waals surface area contributed by atoms with E-state index < -0.39 is 18.7 Å². The van der Waals surface area contributed by atoms with Crippen molar-refractivity contribution < 1.29 is 23.1 Å². The Morgan fingerprint density at radius 1 is 1.14 bits per heavy atom. The molecule has 0 saturated carbocycles. The number of halogens is 2. The first-order valence-corrected chi connectivity index (χ1v) is 6.92. The van der Waals surface area contributed by atoms with Gasteiger partial charge in [0.15, 0.2) is 0 Å². The van der Waals surface area contributed by atoms with Crippen LogP contribution in [0.2, 0.25) is 0 Å². The summed E-state index contributed by atoms with van der Waals surface area (Å²) in [5, 5.41) is 0. The molecule has 2 atom stereocenters. The first-order chi connectivity index (χ1) is 10.3. The minimum atomic E-state index is -2.94. The van der Waals surface area contributed by atoms with Crippen LogP contribution in [0, 0.1) is 0 Å². The number of alkyl halides is 2. The molecule has 1 heterocycles. The van der Waals surface area contributed by atoms with E-state index in [1.54, 1.807) is 39.1 Å². The zero-order valence-electron chi connectivity index (χ0n) is 12.6. The zero-order chi connectivity index (χ0) is 16.4. The monoisotopic (exact) mass is 312 g/mol. The molecule has 1 aliphatic heterocycles. The highest BCUT2D eigenvalue weighted by Gasteiger charge is 2.39. The maximum Gasteiger partial charge on any atom is 0.387 e. The van der Waals surface area contributed by atoms with Gasteiger partial charge >= 0.3 is 6.61 Å². The molecule has 1 aromatic carbocycles. The summed E-state index contributed by atoms with van der Waals surface area (Å²) >= 11 is 0. The van der Waals surface area contributed by atoms with Crippen LogP contribution in [-0.2, 0) is 16.1 Å². The van der Waals surface area contributed by atoms with Gasteiger partial charge in [0.2, 0.25) is 11.8 Å². The summed E-state index contributed by atoms with van der Waals surface area (Å²) in [4.78, 5) is 27.3. The molecule has 22 heavy (non-hydrogen) atoms. The molecule has 0 bridgehead atoms. The summed E-state index contributed by atoms with van der Waals surface area (Å²) in [5.74, 6) is -0.391. The highest BCUT2D eigenvalue weighted by Crippen LogP contribution is 2.25. The SMILES string of the molecule is C[C@H]1C(=O)N(Cc2ccccc2OC(F)F)[C@@H](C)C(=O)N1C. The van der Waals surface area contributed by atoms with Crippen LogP contribution < -0.4 is 4.74 Å². The highest BCUT2D eigenvalue weighted by molar-refractivity contribution is 5.96. The van der Waals surface area contributed by atoms with Gasteiger partial charge in [-0.3, -0.25) is 9.59 Å². The van der Waals surface area contributed by atoms with E-state index in [-0.39, 0.29) is 24.1 Å². The van der Waals surface area contributed by atoms with Crippen molar-refractivity contribution in [2.75, 3.05) is 7.05 Å². The van der Waals surface area contributed by atoms with E-state index >= 15 is 0 Å². The van der Waals surface area contributed by atoms with Gasteiger partial charge in [-0.1, -0.05) is 18.2 Å². The van der Waals surface area contributed by atoms with Crippen molar-refractivity contribution in [3.63, 3.8) is 0 Å². The van der Waals surface area contributed by atoms with Crippen LogP contribution in [0.5, 0.6) is 5.75 Å². The molecular formula is C15H18F2N2O3. The predicted octanol–water partition coefficient (Wildman–Crippen LogP) is 1.87. The van der Waals surface area contributed by atoms with E-state index in [2.05, 4.69) is 4.74 Å². The van der Waals surface area contributed by atoms with Crippen molar-refractivity contribution in [1.29, 1.82) is 0 Å². The maximum absolute atomic E-state index is 12.4. The molecule has 5 nitrogen and oxygen atoms in total. The van der Waals surface area contributed by atoms with Crippen molar-refractivity contribution in [2.45, 2.75) is 39.1 Å². The second kappa shape index (κ2) is 6.29. The molecule has 1 saturated heterocycles. The quantitative estimate of drug-likeness (QED) is 0.853. The molecule has 1 aliphatic rings. The molecular weight excluding hydrogens is 294 g/mol. The lowest BCUT2D eigenvalue weighted by Gasteiger charge is -2.41. The molecule has 0 radical (unpaired) electrons. The Bertz CT molecular complexity index is 580. The number of amides is 2. The number of nitrogens with zero attached hydrogens (tertiary/aromatic N) is 2. The lowest BCUT2D eigenvalue weighted by Crippen LogP contribution is -2.61. The fourth-order valence-corrected chi connectivity index (χ4v) is 2.46. The van der Waals surface area contributed by atoms with Gasteiger partial charge in [0.1, 0.15) is 17.8 Å². The number of hydrogen-bond acceptors (Lipinski definition) is 3. The molecule has 0 aliphatic carbocycles. The molecule has 0 aromatic heterocycles. The second-order valence-corrected chi connectivity index (χ2v) is 5.25. The molecule has 2 rings (SSSR count). The van der Waals surface area contributed by atoms with Crippen LogP contribution in [0.25, 0.3) is 0 Å². The Balaban J connectivity index is 2.26. The standard InChI is InChI=1S/C15H18F2N2O3/c1-9-14(21)19(10(2)13(20)18(9)3)8-11-6-4-5-7-12(11)22-15(16)17/h4-7,9-10,15H,8H2,1-3H3/t9-,10-/m0/s1. The van der Waals surface area contributed by atoms with E-state index in [0.717, 1.165) is 0 Å². The number of rotatable bonds is 4. The summed E-state index contributed by atoms with van der Waals surface area (Å²) in [6, 6.07) is 5.04. The smallest absolute Gasteiger partial charge is 0.387 e. The lowest BCUT2D eigenvalue weighted by molar-refractivity contribution is -0.159. The summed E-state index contributed by atoms with van der Waals surface area (Å²) in [5.41, 5.74) is 0.438. The van der Waals surface area contributed by atoms with Crippen molar-refractivity contribution in [3.05, 3.63) is 29.8 Å². The molecule has 0 unspecified atom stereocenters. The number of ether oxygens (including phenoxy) is 1. The van der Waals surface area contributed by atoms with Crippen molar-refractivity contribution in [2.24, 2.45) is 0 Å². The van der Waals surface area contributed by atoms with Gasteiger partial charge in [-0.05, 0) is 19.9 Å². The van der Waals surface area contributed by atoms with Gasteiger partial charge in [0, 0.05) is 12.6 Å². The summed E-state index contributed by atoms with van der Waals surface area (Å²) < 4.78 is 29.4. The highest BCUT2D eigenvalue weighted by atomic mass is 19.3. The van der Waals surface area contributed by atoms with Crippen LogP contribution in [-0.4, -0.2) is 47.4 Å². The van der Waals surface area contributed by atoms with E-state index in [1.165, 1.54) is 15.9 Å². The average molecular weight is 312 g/mol. The lowest BCUT2D eigenvalue weighted by atomic mass is 10.1. The summed E-state index contributed by atoms with van der Waals surface area (Å²) in [6.45, 7) is 0.370. The van der Waals surface area contributed by atoms with Crippen LogP contribution >= 0.6 is 0 Å². The van der Waals surface area contributed by atoms with Crippen LogP contribution in [0.1, 0.15) is 19.4 Å². The van der Waals surface area contributed by atoms with Gasteiger partial charge < -0.3 is 14.5 Å². The van der Waals surface area contributed by atoms with Crippen molar-refractivity contribution in [1.82, 2.24) is 9.80 Å². The van der Waals surface area contributed by atoms with Gasteiger partial charge in [0.25, 0.3) is 0 Å². The fourth-order valence-electron chi connectivity index (χ4n) is 2.46. The predicted molar refractivity (Wildman–Crippen MR) is 75.3 cm³/mol. The Morgan fingerprint density at radius 2 is 1.77 bits per heavy atom. The number of piperazine rings is 1. The normalized spacial score (nSPS) is 22.5. The Hall–Kier alpha value is -2.18. The molecule has 0 spiro atoms. The molecule has 1 fully saturated rings. The zero-order valence-corrected chi connectivity index (χ0v) is 12.6. The number of benzene rings is 1. The molecule has 0 N–H and O–H groups in total. The number of carbonyl (C=O) groups is 2. The van der Waals surface area contributed by atoms with Gasteiger partial charge in [-0.25, -0.2) is 0 Å². The Kier molecular flexibility index (Phi) is 4.63. The number of carbonyl (C=O) groups excluding carboxylic acids is 2. The minimum Gasteiger partial charge on any atom is -0.434 e. The van der Waals surface area contributed by atoms with E-state index in [1.807, 2.05) is 0 Å². The minimum absolute atomic E-state index is 0.0107. The van der Waals surface area contributed by atoms with Crippen LogP contribution in [0.3, 0.4) is 0 Å². The summed E-state index contributed by atoms with van der Waals surface area (Å²) in [6.07, 6.45) is 0. The van der Waals surface area contributed by atoms with Crippen LogP contribution in [0.4, 0.5) is 8.78 Å². The Labute approximate surface area is 127 Å². The number of hydrogen-bond donors (Lipinski definition) is 0. The fraction of sp³-hybridized carbons (Fsp3) is 0.467. The third-order valence-electron chi connectivity index (χ3n) is 3.92. The first kappa shape index (κ1) is 16.2. The third-order valence-corrected chi connectivity index (χ3v) is 3.92. The van der Waals surface area contributed by atoms with E-state index in [4.69, 9.17) is 0 Å². The molecule has 7 heteroatoms. The van der Waals surface area contributed by atoms with E-state index in [9.17, 15) is 18.4 Å².